The van der Waals surface area contributed by atoms with Gasteiger partial charge in [-0.15, -0.1) is 0 Å². The number of aliphatic hydroxyl groups is 1. The van der Waals surface area contributed by atoms with Gasteiger partial charge >= 0.3 is 13.3 Å². The first kappa shape index (κ1) is 19.5. The number of benzene rings is 1. The van der Waals surface area contributed by atoms with E-state index in [0.717, 1.165) is 4.90 Å². The molecular formula is C14H17BrF2NO5P. The Morgan fingerprint density at radius 2 is 1.88 bits per heavy atom. The highest BCUT2D eigenvalue weighted by Gasteiger charge is 2.74. The number of halogens is 3. The fourth-order valence-corrected chi connectivity index (χ4v) is 4.64. The molecule has 0 bridgehead atoms. The van der Waals surface area contributed by atoms with Gasteiger partial charge in [-0.2, -0.15) is 8.78 Å². The van der Waals surface area contributed by atoms with Crippen LogP contribution in [0.1, 0.15) is 19.4 Å². The molecule has 0 aliphatic carbocycles. The first-order valence-electron chi connectivity index (χ1n) is 7.14. The summed E-state index contributed by atoms with van der Waals surface area (Å²) < 4.78 is 52.7. The summed E-state index contributed by atoms with van der Waals surface area (Å²) in [6.07, 6.45) is 0. The summed E-state index contributed by atoms with van der Waals surface area (Å²) in [6.45, 7) is 2.05. The minimum Gasteiger partial charge on any atom is -0.370 e. The number of carbonyl (C=O) groups excluding carboxylic acids is 1. The zero-order chi connectivity index (χ0) is 18.3. The van der Waals surface area contributed by atoms with Crippen molar-refractivity contribution in [2.45, 2.75) is 25.1 Å². The van der Waals surface area contributed by atoms with Crippen molar-refractivity contribution in [2.24, 2.45) is 0 Å². The molecule has 0 radical (unpaired) electrons. The Bertz CT molecular complexity index is 706. The van der Waals surface area contributed by atoms with Gasteiger partial charge in [-0.3, -0.25) is 9.36 Å². The second kappa shape index (κ2) is 6.46. The van der Waals surface area contributed by atoms with Crippen LogP contribution in [-0.2, 0) is 24.0 Å². The predicted octanol–water partition coefficient (Wildman–Crippen LogP) is 3.47. The number of anilines is 1. The molecule has 24 heavy (non-hydrogen) atoms. The molecule has 0 fully saturated rings. The number of rotatable bonds is 6. The Morgan fingerprint density at radius 1 is 1.33 bits per heavy atom. The standard InChI is InChI=1S/C14H17BrF2NO5P/c1-4-22-24(21,23-5-2)14(16,17)13(20)10-8-9(15)6-7-11(10)18(3)12(13)19/h6-8,20H,4-5H2,1-3H3. The number of nitrogens with zero attached hydrogens (tertiary/aromatic N) is 1. The van der Waals surface area contributed by atoms with Crippen LogP contribution in [0.4, 0.5) is 14.5 Å². The Kier molecular flexibility index (Phi) is 5.24. The molecule has 1 aliphatic rings. The summed E-state index contributed by atoms with van der Waals surface area (Å²) >= 11 is 3.12. The van der Waals surface area contributed by atoms with Crippen LogP contribution in [-0.4, -0.2) is 36.9 Å². The number of carbonyl (C=O) groups is 1. The molecule has 1 aliphatic heterocycles. The first-order chi connectivity index (χ1) is 11.1. The minimum absolute atomic E-state index is 0.0879. The molecule has 1 atom stereocenters. The highest BCUT2D eigenvalue weighted by atomic mass is 79.9. The van der Waals surface area contributed by atoms with Gasteiger partial charge in [0, 0.05) is 17.1 Å². The Morgan fingerprint density at radius 3 is 2.38 bits per heavy atom. The molecule has 1 aromatic rings. The van der Waals surface area contributed by atoms with Crippen LogP contribution < -0.4 is 4.90 Å². The van der Waals surface area contributed by atoms with E-state index in [2.05, 4.69) is 25.0 Å². The summed E-state index contributed by atoms with van der Waals surface area (Å²) in [7, 11) is -3.87. The van der Waals surface area contributed by atoms with Crippen molar-refractivity contribution < 1.29 is 32.3 Å². The number of fused-ring (bicyclic) bond motifs is 1. The maximum absolute atomic E-state index is 15.1. The maximum Gasteiger partial charge on any atom is 0.403 e. The molecule has 134 valence electrons. The van der Waals surface area contributed by atoms with Gasteiger partial charge in [-0.25, -0.2) is 0 Å². The third-order valence-electron chi connectivity index (χ3n) is 3.70. The van der Waals surface area contributed by atoms with Gasteiger partial charge in [0.25, 0.3) is 5.91 Å². The van der Waals surface area contributed by atoms with E-state index in [0.29, 0.717) is 4.47 Å². The molecular weight excluding hydrogens is 411 g/mol. The molecule has 6 nitrogen and oxygen atoms in total. The summed E-state index contributed by atoms with van der Waals surface area (Å²) in [5.41, 5.74) is -8.12. The van der Waals surface area contributed by atoms with E-state index >= 15 is 8.78 Å². The molecule has 0 spiro atoms. The Hall–Kier alpha value is -0.860. The lowest BCUT2D eigenvalue weighted by molar-refractivity contribution is -0.169. The van der Waals surface area contributed by atoms with Crippen LogP contribution in [0.15, 0.2) is 22.7 Å². The molecule has 1 unspecified atom stereocenters. The normalized spacial score (nSPS) is 21.3. The van der Waals surface area contributed by atoms with Gasteiger partial charge in [0.15, 0.2) is 0 Å². The topological polar surface area (TPSA) is 76.1 Å². The number of hydrogen-bond donors (Lipinski definition) is 1. The quantitative estimate of drug-likeness (QED) is 0.703. The first-order valence-corrected chi connectivity index (χ1v) is 9.48. The largest absolute Gasteiger partial charge is 0.403 e. The van der Waals surface area contributed by atoms with E-state index in [4.69, 9.17) is 0 Å². The van der Waals surface area contributed by atoms with E-state index in [-0.39, 0.29) is 24.5 Å². The second-order valence-electron chi connectivity index (χ2n) is 5.11. The molecule has 10 heteroatoms. The fourth-order valence-electron chi connectivity index (χ4n) is 2.59. The fraction of sp³-hybridized carbons (Fsp3) is 0.500. The van der Waals surface area contributed by atoms with Gasteiger partial charge < -0.3 is 19.1 Å². The molecule has 0 saturated carbocycles. The minimum atomic E-state index is -5.12. The molecule has 1 N–H and O–H groups in total. The second-order valence-corrected chi connectivity index (χ2v) is 8.10. The Labute approximate surface area is 146 Å². The lowest BCUT2D eigenvalue weighted by atomic mass is 9.95. The Balaban J connectivity index is 2.71. The van der Waals surface area contributed by atoms with E-state index < -0.39 is 24.8 Å². The van der Waals surface area contributed by atoms with Crippen LogP contribution in [0.3, 0.4) is 0 Å². The van der Waals surface area contributed by atoms with Crippen molar-refractivity contribution in [1.29, 1.82) is 0 Å². The number of likely N-dealkylation sites (N-methyl/N-ethyl adjacent to an activating group) is 1. The lowest BCUT2D eigenvalue weighted by Gasteiger charge is -2.35. The van der Waals surface area contributed by atoms with Crippen LogP contribution in [0.5, 0.6) is 0 Å². The van der Waals surface area contributed by atoms with E-state index in [1.807, 2.05) is 0 Å². The van der Waals surface area contributed by atoms with Crippen molar-refractivity contribution in [3.05, 3.63) is 28.2 Å². The summed E-state index contributed by atoms with van der Waals surface area (Å²) in [5.74, 6) is -1.31. The highest BCUT2D eigenvalue weighted by Crippen LogP contribution is 2.69. The lowest BCUT2D eigenvalue weighted by Crippen LogP contribution is -2.52. The van der Waals surface area contributed by atoms with Crippen LogP contribution in [0.2, 0.25) is 0 Å². The molecule has 1 aromatic carbocycles. The van der Waals surface area contributed by atoms with Crippen molar-refractivity contribution >= 4 is 35.1 Å². The zero-order valence-electron chi connectivity index (χ0n) is 13.3. The third kappa shape index (κ3) is 2.54. The number of amides is 1. The molecule has 0 saturated heterocycles. The van der Waals surface area contributed by atoms with Gasteiger partial charge in [-0.1, -0.05) is 15.9 Å². The van der Waals surface area contributed by atoms with Gasteiger partial charge in [0.05, 0.1) is 18.9 Å². The maximum atomic E-state index is 15.1. The van der Waals surface area contributed by atoms with Crippen LogP contribution >= 0.6 is 23.5 Å². The van der Waals surface area contributed by atoms with Gasteiger partial charge in [-0.05, 0) is 32.0 Å². The average molecular weight is 428 g/mol. The predicted molar refractivity (Wildman–Crippen MR) is 87.3 cm³/mol. The van der Waals surface area contributed by atoms with Gasteiger partial charge in [0.1, 0.15) is 0 Å². The van der Waals surface area contributed by atoms with Gasteiger partial charge in [0.2, 0.25) is 5.60 Å². The SMILES string of the molecule is CCOP(=O)(OCC)C(F)(F)C1(O)C(=O)N(C)c2ccc(Br)cc21. The molecule has 1 heterocycles. The van der Waals surface area contributed by atoms with E-state index in [1.165, 1.54) is 39.1 Å². The molecule has 2 rings (SSSR count). The molecule has 0 aromatic heterocycles. The summed E-state index contributed by atoms with van der Waals surface area (Å²) in [5, 5.41) is 10.7. The van der Waals surface area contributed by atoms with E-state index in [9.17, 15) is 14.5 Å². The van der Waals surface area contributed by atoms with Crippen molar-refractivity contribution in [2.75, 3.05) is 25.2 Å². The monoisotopic (exact) mass is 427 g/mol. The highest BCUT2D eigenvalue weighted by molar-refractivity contribution is 9.10. The van der Waals surface area contributed by atoms with Crippen molar-refractivity contribution in [1.82, 2.24) is 0 Å². The zero-order valence-corrected chi connectivity index (χ0v) is 15.7. The molecule has 1 amide bonds. The van der Waals surface area contributed by atoms with Crippen LogP contribution in [0, 0.1) is 0 Å². The van der Waals surface area contributed by atoms with E-state index in [1.54, 1.807) is 0 Å². The average Bonchev–Trinajstić information content (AvgIpc) is 2.70. The smallest absolute Gasteiger partial charge is 0.370 e. The van der Waals surface area contributed by atoms with Crippen LogP contribution in [0.25, 0.3) is 0 Å². The van der Waals surface area contributed by atoms with Crippen molar-refractivity contribution in [3.63, 3.8) is 0 Å². The number of alkyl halides is 2. The summed E-state index contributed by atoms with van der Waals surface area (Å²) in [4.78, 5) is 13.3. The third-order valence-corrected chi connectivity index (χ3v) is 6.40. The number of hydrogen-bond acceptors (Lipinski definition) is 5. The van der Waals surface area contributed by atoms with Crippen molar-refractivity contribution in [3.8, 4) is 0 Å². The summed E-state index contributed by atoms with van der Waals surface area (Å²) in [6, 6.07) is 4.13.